The zero-order chi connectivity index (χ0) is 11.4. The Labute approximate surface area is 83.8 Å². The number of hydrogen-bond donors (Lipinski definition) is 3. The van der Waals surface area contributed by atoms with E-state index in [9.17, 15) is 8.42 Å². The topological polar surface area (TPSA) is 108 Å². The third-order valence-electron chi connectivity index (χ3n) is 1.82. The van der Waals surface area contributed by atoms with Gasteiger partial charge in [0.15, 0.2) is 0 Å². The maximum atomic E-state index is 11.2. The Bertz CT molecular complexity index is 300. The average molecular weight is 224 g/mol. The zero-order valence-electron chi connectivity index (χ0n) is 8.43. The van der Waals surface area contributed by atoms with Crippen LogP contribution in [0.1, 0.15) is 6.92 Å². The maximum Gasteiger partial charge on any atom is 0.278 e. The van der Waals surface area contributed by atoms with Gasteiger partial charge in [-0.1, -0.05) is 12.1 Å². The Morgan fingerprint density at radius 2 is 2.21 bits per heavy atom. The number of amidine groups is 1. The van der Waals surface area contributed by atoms with Crippen LogP contribution in [0.4, 0.5) is 0 Å². The van der Waals surface area contributed by atoms with Crippen LogP contribution in [0.3, 0.4) is 0 Å². The summed E-state index contributed by atoms with van der Waals surface area (Å²) in [5.41, 5.74) is 5.31. The van der Waals surface area contributed by atoms with Gasteiger partial charge >= 0.3 is 0 Å². The summed E-state index contributed by atoms with van der Waals surface area (Å²) in [6.45, 7) is 1.82. The summed E-state index contributed by atoms with van der Waals surface area (Å²) >= 11 is 0. The molecule has 14 heavy (non-hydrogen) atoms. The van der Waals surface area contributed by atoms with Gasteiger partial charge in [0, 0.05) is 26.6 Å². The lowest BCUT2D eigenvalue weighted by molar-refractivity contribution is 0.312. The summed E-state index contributed by atoms with van der Waals surface area (Å²) in [5, 5.41) is 11.2. The number of rotatable bonds is 5. The molecule has 0 fully saturated rings. The van der Waals surface area contributed by atoms with Gasteiger partial charge in [-0.05, 0) is 0 Å². The smallest absolute Gasteiger partial charge is 0.278 e. The van der Waals surface area contributed by atoms with E-state index < -0.39 is 10.2 Å². The normalized spacial score (nSPS) is 15.9. The SMILES string of the molecule is CNS(=O)(=O)N(C)CC(C)C(N)=NO. The van der Waals surface area contributed by atoms with Crippen molar-refractivity contribution in [3.05, 3.63) is 0 Å². The molecule has 1 atom stereocenters. The summed E-state index contributed by atoms with van der Waals surface area (Å²) < 4.78 is 25.7. The number of oxime groups is 1. The van der Waals surface area contributed by atoms with Gasteiger partial charge < -0.3 is 10.9 Å². The highest BCUT2D eigenvalue weighted by Gasteiger charge is 2.19. The third-order valence-corrected chi connectivity index (χ3v) is 3.31. The van der Waals surface area contributed by atoms with E-state index in [1.165, 1.54) is 14.1 Å². The van der Waals surface area contributed by atoms with E-state index in [0.29, 0.717) is 0 Å². The lowest BCUT2D eigenvalue weighted by Crippen LogP contribution is -2.41. The van der Waals surface area contributed by atoms with Crippen LogP contribution in [-0.2, 0) is 10.2 Å². The minimum atomic E-state index is -3.44. The van der Waals surface area contributed by atoms with Crippen molar-refractivity contribution in [3.63, 3.8) is 0 Å². The van der Waals surface area contributed by atoms with Crippen LogP contribution < -0.4 is 10.5 Å². The van der Waals surface area contributed by atoms with Crippen molar-refractivity contribution in [1.82, 2.24) is 9.03 Å². The number of nitrogens with one attached hydrogen (secondary N) is 1. The van der Waals surface area contributed by atoms with E-state index in [0.717, 1.165) is 4.31 Å². The first-order chi connectivity index (χ1) is 6.35. The standard InChI is InChI=1S/C6H16N4O3S/c1-5(6(7)9-11)4-10(3)14(12,13)8-2/h5,8,11H,4H2,1-3H3,(H2,7,9). The molecule has 0 aromatic heterocycles. The Morgan fingerprint density at radius 3 is 2.57 bits per heavy atom. The fourth-order valence-corrected chi connectivity index (χ4v) is 1.56. The minimum absolute atomic E-state index is 0.00292. The summed E-state index contributed by atoms with van der Waals surface area (Å²) in [4.78, 5) is 0. The van der Waals surface area contributed by atoms with E-state index in [1.807, 2.05) is 0 Å². The molecule has 0 spiro atoms. The van der Waals surface area contributed by atoms with Gasteiger partial charge in [-0.2, -0.15) is 12.7 Å². The van der Waals surface area contributed by atoms with Crippen molar-refractivity contribution in [2.24, 2.45) is 16.8 Å². The highest BCUT2D eigenvalue weighted by Crippen LogP contribution is 2.01. The molecule has 0 amide bonds. The molecule has 0 saturated heterocycles. The molecule has 0 aliphatic rings. The second kappa shape index (κ2) is 5.13. The van der Waals surface area contributed by atoms with Gasteiger partial charge in [0.05, 0.1) is 0 Å². The van der Waals surface area contributed by atoms with Gasteiger partial charge in [-0.15, -0.1) is 0 Å². The van der Waals surface area contributed by atoms with Crippen LogP contribution in [0, 0.1) is 5.92 Å². The molecule has 0 aliphatic heterocycles. The monoisotopic (exact) mass is 224 g/mol. The fraction of sp³-hybridized carbons (Fsp3) is 0.833. The largest absolute Gasteiger partial charge is 0.409 e. The van der Waals surface area contributed by atoms with Gasteiger partial charge in [-0.3, -0.25) is 0 Å². The van der Waals surface area contributed by atoms with Crippen LogP contribution in [0.15, 0.2) is 5.16 Å². The molecule has 0 rings (SSSR count). The predicted octanol–water partition coefficient (Wildman–Crippen LogP) is -1.24. The Morgan fingerprint density at radius 1 is 1.71 bits per heavy atom. The number of hydrogen-bond acceptors (Lipinski definition) is 4. The lowest BCUT2D eigenvalue weighted by atomic mass is 10.2. The molecule has 84 valence electrons. The molecule has 8 heteroatoms. The van der Waals surface area contributed by atoms with Crippen LogP contribution in [0.5, 0.6) is 0 Å². The van der Waals surface area contributed by atoms with Gasteiger partial charge in [0.25, 0.3) is 10.2 Å². The van der Waals surface area contributed by atoms with Crippen molar-refractivity contribution >= 4 is 16.0 Å². The third kappa shape index (κ3) is 3.48. The van der Waals surface area contributed by atoms with Gasteiger partial charge in [0.2, 0.25) is 0 Å². The Balaban J connectivity index is 4.41. The van der Waals surface area contributed by atoms with E-state index >= 15 is 0 Å². The molecule has 0 radical (unpaired) electrons. The Hall–Kier alpha value is -0.860. The number of nitrogens with zero attached hydrogens (tertiary/aromatic N) is 2. The molecule has 0 heterocycles. The van der Waals surface area contributed by atoms with E-state index in [4.69, 9.17) is 10.9 Å². The molecule has 0 saturated carbocycles. The average Bonchev–Trinajstić information content (AvgIpc) is 2.16. The summed E-state index contributed by atoms with van der Waals surface area (Å²) in [5.74, 6) is -0.337. The quantitative estimate of drug-likeness (QED) is 0.235. The molecule has 0 bridgehead atoms. The summed E-state index contributed by atoms with van der Waals surface area (Å²) in [6, 6.07) is 0. The highest BCUT2D eigenvalue weighted by atomic mass is 32.2. The molecular weight excluding hydrogens is 208 g/mol. The maximum absolute atomic E-state index is 11.2. The molecule has 0 aliphatic carbocycles. The first-order valence-corrected chi connectivity index (χ1v) is 5.41. The van der Waals surface area contributed by atoms with Crippen molar-refractivity contribution in [1.29, 1.82) is 0 Å². The molecular formula is C6H16N4O3S. The fourth-order valence-electron chi connectivity index (χ4n) is 0.832. The van der Waals surface area contributed by atoms with E-state index in [-0.39, 0.29) is 18.3 Å². The number of nitrogens with two attached hydrogens (primary N) is 1. The molecule has 4 N–H and O–H groups in total. The van der Waals surface area contributed by atoms with Crippen molar-refractivity contribution in [2.45, 2.75) is 6.92 Å². The van der Waals surface area contributed by atoms with Crippen LogP contribution in [0.25, 0.3) is 0 Å². The summed E-state index contributed by atoms with van der Waals surface area (Å²) in [6.07, 6.45) is 0. The van der Waals surface area contributed by atoms with Crippen molar-refractivity contribution < 1.29 is 13.6 Å². The summed E-state index contributed by atoms with van der Waals surface area (Å²) in [7, 11) is -0.715. The molecule has 0 aromatic carbocycles. The van der Waals surface area contributed by atoms with Crippen LogP contribution in [0.2, 0.25) is 0 Å². The van der Waals surface area contributed by atoms with Crippen molar-refractivity contribution in [3.8, 4) is 0 Å². The second-order valence-electron chi connectivity index (χ2n) is 2.92. The van der Waals surface area contributed by atoms with E-state index in [2.05, 4.69) is 9.88 Å². The zero-order valence-corrected chi connectivity index (χ0v) is 9.24. The lowest BCUT2D eigenvalue weighted by Gasteiger charge is -2.19. The van der Waals surface area contributed by atoms with Gasteiger partial charge in [0.1, 0.15) is 5.84 Å². The molecule has 1 unspecified atom stereocenters. The van der Waals surface area contributed by atoms with Gasteiger partial charge in [-0.25, -0.2) is 4.72 Å². The highest BCUT2D eigenvalue weighted by molar-refractivity contribution is 7.87. The minimum Gasteiger partial charge on any atom is -0.409 e. The first kappa shape index (κ1) is 13.1. The first-order valence-electron chi connectivity index (χ1n) is 3.97. The molecule has 0 aromatic rings. The van der Waals surface area contributed by atoms with Crippen LogP contribution in [-0.4, -0.2) is 44.4 Å². The van der Waals surface area contributed by atoms with E-state index in [1.54, 1.807) is 6.92 Å². The predicted molar refractivity (Wildman–Crippen MR) is 53.2 cm³/mol. The Kier molecular flexibility index (Phi) is 4.81. The molecule has 7 nitrogen and oxygen atoms in total. The second-order valence-corrected chi connectivity index (χ2v) is 4.90. The van der Waals surface area contributed by atoms with Crippen molar-refractivity contribution in [2.75, 3.05) is 20.6 Å². The van der Waals surface area contributed by atoms with Crippen LogP contribution >= 0.6 is 0 Å².